The van der Waals surface area contributed by atoms with E-state index in [-0.39, 0.29) is 5.91 Å². The highest BCUT2D eigenvalue weighted by Gasteiger charge is 2.17. The van der Waals surface area contributed by atoms with Gasteiger partial charge in [0.05, 0.1) is 5.56 Å². The lowest BCUT2D eigenvalue weighted by molar-refractivity contribution is 0.0772. The number of nitrogens with zero attached hydrogens (tertiary/aromatic N) is 2. The zero-order valence-corrected chi connectivity index (χ0v) is 10.3. The van der Waals surface area contributed by atoms with E-state index < -0.39 is 0 Å². The van der Waals surface area contributed by atoms with Crippen molar-refractivity contribution in [2.45, 2.75) is 27.7 Å². The Morgan fingerprint density at radius 2 is 1.87 bits per heavy atom. The minimum atomic E-state index is 0.140. The fraction of sp³-hybridized carbons (Fsp3) is 0.583. The van der Waals surface area contributed by atoms with Crippen LogP contribution in [-0.2, 0) is 7.05 Å². The van der Waals surface area contributed by atoms with E-state index in [9.17, 15) is 4.79 Å². The summed E-state index contributed by atoms with van der Waals surface area (Å²) >= 11 is 0. The molecule has 84 valence electrons. The summed E-state index contributed by atoms with van der Waals surface area (Å²) in [5, 5.41) is 0. The number of carbonyl (C=O) groups excluding carboxylic acids is 1. The third kappa shape index (κ3) is 2.06. The fourth-order valence-corrected chi connectivity index (χ4v) is 1.75. The maximum atomic E-state index is 12.1. The molecule has 0 fully saturated rings. The first kappa shape index (κ1) is 11.8. The molecule has 1 heterocycles. The second-order valence-corrected chi connectivity index (χ2v) is 3.82. The smallest absolute Gasteiger partial charge is 0.255 e. The highest BCUT2D eigenvalue weighted by molar-refractivity contribution is 5.95. The standard InChI is InChI=1S/C12H20N2O/c1-6-14(7-2)12(15)11-8-9(3)13(5)10(11)4/h8H,6-7H2,1-5H3. The molecule has 0 aliphatic heterocycles. The molecule has 15 heavy (non-hydrogen) atoms. The first-order valence-electron chi connectivity index (χ1n) is 5.45. The van der Waals surface area contributed by atoms with Crippen LogP contribution >= 0.6 is 0 Å². The first-order chi connectivity index (χ1) is 7.02. The normalized spacial score (nSPS) is 10.5. The van der Waals surface area contributed by atoms with Gasteiger partial charge in [0, 0.05) is 31.5 Å². The zero-order valence-electron chi connectivity index (χ0n) is 10.3. The number of amides is 1. The Hall–Kier alpha value is -1.25. The van der Waals surface area contributed by atoms with Crippen LogP contribution in [-0.4, -0.2) is 28.5 Å². The maximum Gasteiger partial charge on any atom is 0.255 e. The third-order valence-electron chi connectivity index (χ3n) is 3.06. The molecule has 0 saturated carbocycles. The van der Waals surface area contributed by atoms with Gasteiger partial charge in [-0.3, -0.25) is 4.79 Å². The molecule has 0 saturated heterocycles. The molecule has 0 bridgehead atoms. The molecule has 0 aromatic carbocycles. The monoisotopic (exact) mass is 208 g/mol. The Kier molecular flexibility index (Phi) is 3.56. The van der Waals surface area contributed by atoms with Gasteiger partial charge in [-0.15, -0.1) is 0 Å². The maximum absolute atomic E-state index is 12.1. The van der Waals surface area contributed by atoms with Crippen molar-refractivity contribution < 1.29 is 4.79 Å². The van der Waals surface area contributed by atoms with Crippen molar-refractivity contribution >= 4 is 5.91 Å². The molecular weight excluding hydrogens is 188 g/mol. The second-order valence-electron chi connectivity index (χ2n) is 3.82. The Bertz CT molecular complexity index is 362. The van der Waals surface area contributed by atoms with E-state index >= 15 is 0 Å². The van der Waals surface area contributed by atoms with E-state index in [1.54, 1.807) is 0 Å². The summed E-state index contributed by atoms with van der Waals surface area (Å²) in [6.45, 7) is 9.56. The summed E-state index contributed by atoms with van der Waals surface area (Å²) < 4.78 is 2.05. The highest BCUT2D eigenvalue weighted by atomic mass is 16.2. The minimum absolute atomic E-state index is 0.140. The van der Waals surface area contributed by atoms with Gasteiger partial charge in [-0.05, 0) is 33.8 Å². The van der Waals surface area contributed by atoms with Crippen molar-refractivity contribution in [2.75, 3.05) is 13.1 Å². The van der Waals surface area contributed by atoms with Crippen LogP contribution < -0.4 is 0 Å². The number of carbonyl (C=O) groups is 1. The van der Waals surface area contributed by atoms with Gasteiger partial charge in [-0.2, -0.15) is 0 Å². The molecule has 0 spiro atoms. The lowest BCUT2D eigenvalue weighted by Crippen LogP contribution is -2.30. The van der Waals surface area contributed by atoms with Crippen LogP contribution in [0.5, 0.6) is 0 Å². The average molecular weight is 208 g/mol. The molecule has 1 aromatic rings. The molecule has 0 aliphatic carbocycles. The summed E-state index contributed by atoms with van der Waals surface area (Å²) in [6.07, 6.45) is 0. The molecule has 1 amide bonds. The Morgan fingerprint density at radius 1 is 1.33 bits per heavy atom. The highest BCUT2D eigenvalue weighted by Crippen LogP contribution is 2.15. The van der Waals surface area contributed by atoms with Crippen molar-refractivity contribution in [2.24, 2.45) is 7.05 Å². The Labute approximate surface area is 91.7 Å². The van der Waals surface area contributed by atoms with Crippen LogP contribution in [0.1, 0.15) is 35.6 Å². The van der Waals surface area contributed by atoms with Crippen LogP contribution in [0.2, 0.25) is 0 Å². The molecule has 0 radical (unpaired) electrons. The van der Waals surface area contributed by atoms with Gasteiger partial charge >= 0.3 is 0 Å². The van der Waals surface area contributed by atoms with Crippen molar-refractivity contribution in [3.63, 3.8) is 0 Å². The van der Waals surface area contributed by atoms with E-state index in [1.165, 1.54) is 0 Å². The van der Waals surface area contributed by atoms with Crippen LogP contribution in [0.25, 0.3) is 0 Å². The van der Waals surface area contributed by atoms with Crippen LogP contribution in [0, 0.1) is 13.8 Å². The average Bonchev–Trinajstić information content (AvgIpc) is 2.47. The topological polar surface area (TPSA) is 25.2 Å². The van der Waals surface area contributed by atoms with Gasteiger partial charge in [-0.1, -0.05) is 0 Å². The molecule has 0 aliphatic rings. The number of hydrogen-bond acceptors (Lipinski definition) is 1. The van der Waals surface area contributed by atoms with Gasteiger partial charge in [0.15, 0.2) is 0 Å². The van der Waals surface area contributed by atoms with E-state index in [1.807, 2.05) is 45.7 Å². The van der Waals surface area contributed by atoms with E-state index in [4.69, 9.17) is 0 Å². The number of aryl methyl sites for hydroxylation is 1. The summed E-state index contributed by atoms with van der Waals surface area (Å²) in [5.74, 6) is 0.140. The number of hydrogen-bond donors (Lipinski definition) is 0. The van der Waals surface area contributed by atoms with Crippen molar-refractivity contribution in [1.29, 1.82) is 0 Å². The molecule has 1 rings (SSSR count). The van der Waals surface area contributed by atoms with Crippen LogP contribution in [0.3, 0.4) is 0 Å². The van der Waals surface area contributed by atoms with Gasteiger partial charge in [0.25, 0.3) is 5.91 Å². The summed E-state index contributed by atoms with van der Waals surface area (Å²) in [4.78, 5) is 14.0. The van der Waals surface area contributed by atoms with Gasteiger partial charge in [0.2, 0.25) is 0 Å². The minimum Gasteiger partial charge on any atom is -0.351 e. The molecule has 0 N–H and O–H groups in total. The van der Waals surface area contributed by atoms with Gasteiger partial charge in [0.1, 0.15) is 0 Å². The van der Waals surface area contributed by atoms with Crippen molar-refractivity contribution in [3.05, 3.63) is 23.0 Å². The predicted molar refractivity (Wildman–Crippen MR) is 62.1 cm³/mol. The fourth-order valence-electron chi connectivity index (χ4n) is 1.75. The summed E-state index contributed by atoms with van der Waals surface area (Å²) in [5.41, 5.74) is 3.01. The summed E-state index contributed by atoms with van der Waals surface area (Å²) in [7, 11) is 1.99. The largest absolute Gasteiger partial charge is 0.351 e. The van der Waals surface area contributed by atoms with Crippen molar-refractivity contribution in [3.8, 4) is 0 Å². The number of aromatic nitrogens is 1. The second kappa shape index (κ2) is 4.51. The van der Waals surface area contributed by atoms with Crippen LogP contribution in [0.15, 0.2) is 6.07 Å². The molecule has 0 unspecified atom stereocenters. The predicted octanol–water partition coefficient (Wildman–Crippen LogP) is 2.12. The first-order valence-corrected chi connectivity index (χ1v) is 5.45. The van der Waals surface area contributed by atoms with E-state index in [0.29, 0.717) is 0 Å². The van der Waals surface area contributed by atoms with E-state index in [0.717, 1.165) is 30.0 Å². The zero-order chi connectivity index (χ0) is 11.6. The Balaban J connectivity index is 3.06. The molecule has 1 aromatic heterocycles. The SMILES string of the molecule is CCN(CC)C(=O)c1cc(C)n(C)c1C. The van der Waals surface area contributed by atoms with Crippen molar-refractivity contribution in [1.82, 2.24) is 9.47 Å². The third-order valence-corrected chi connectivity index (χ3v) is 3.06. The lowest BCUT2D eigenvalue weighted by Gasteiger charge is -2.18. The van der Waals surface area contributed by atoms with Crippen LogP contribution in [0.4, 0.5) is 0 Å². The Morgan fingerprint density at radius 3 is 2.20 bits per heavy atom. The quantitative estimate of drug-likeness (QED) is 0.747. The molecule has 0 atom stereocenters. The lowest BCUT2D eigenvalue weighted by atomic mass is 10.2. The van der Waals surface area contributed by atoms with Gasteiger partial charge < -0.3 is 9.47 Å². The summed E-state index contributed by atoms with van der Waals surface area (Å²) in [6, 6.07) is 1.97. The number of rotatable bonds is 3. The van der Waals surface area contributed by atoms with Gasteiger partial charge in [-0.25, -0.2) is 0 Å². The molecule has 3 nitrogen and oxygen atoms in total. The molecular formula is C12H20N2O. The molecule has 3 heteroatoms. The van der Waals surface area contributed by atoms with E-state index in [2.05, 4.69) is 4.57 Å².